The van der Waals surface area contributed by atoms with Crippen molar-refractivity contribution in [3.63, 3.8) is 0 Å². The molecule has 0 saturated heterocycles. The number of carbonyl (C=O) groups excluding carboxylic acids is 1. The fraction of sp³-hybridized carbons (Fsp3) is 0.417. The Balaban J connectivity index is 3.13. The molecule has 0 N–H and O–H groups in total. The van der Waals surface area contributed by atoms with Crippen molar-refractivity contribution in [2.24, 2.45) is 0 Å². The van der Waals surface area contributed by atoms with E-state index in [4.69, 9.17) is 4.74 Å². The third-order valence-corrected chi connectivity index (χ3v) is 2.73. The fourth-order valence-electron chi connectivity index (χ4n) is 1.61. The highest BCUT2D eigenvalue weighted by Gasteiger charge is 2.19. The van der Waals surface area contributed by atoms with Gasteiger partial charge in [0, 0.05) is 18.4 Å². The Hall–Kier alpha value is -1.91. The van der Waals surface area contributed by atoms with Crippen molar-refractivity contribution < 1.29 is 14.5 Å². The molecule has 1 rings (SSSR count). The number of ether oxygens (including phenoxy) is 1. The van der Waals surface area contributed by atoms with E-state index >= 15 is 0 Å². The first-order chi connectivity index (χ1) is 8.01. The van der Waals surface area contributed by atoms with Crippen LogP contribution in [0.1, 0.15) is 31.7 Å². The summed E-state index contributed by atoms with van der Waals surface area (Å²) in [6.07, 6.45) is 0.445. The van der Waals surface area contributed by atoms with Gasteiger partial charge in [-0.05, 0) is 11.6 Å². The van der Waals surface area contributed by atoms with E-state index in [1.165, 1.54) is 13.2 Å². The second-order valence-corrected chi connectivity index (χ2v) is 3.73. The lowest BCUT2D eigenvalue weighted by molar-refractivity contribution is -0.385. The van der Waals surface area contributed by atoms with Crippen molar-refractivity contribution in [3.05, 3.63) is 33.9 Å². The molecule has 1 aromatic rings. The molecule has 1 aromatic carbocycles. The third kappa shape index (κ3) is 2.81. The smallest absolute Gasteiger partial charge is 0.310 e. The monoisotopic (exact) mass is 237 g/mol. The van der Waals surface area contributed by atoms with E-state index in [0.29, 0.717) is 6.42 Å². The maximum Gasteiger partial charge on any atom is 0.310 e. The molecular weight excluding hydrogens is 222 g/mol. The topological polar surface area (TPSA) is 69.4 Å². The average Bonchev–Trinajstić information content (AvgIpc) is 2.35. The van der Waals surface area contributed by atoms with Gasteiger partial charge in [0.1, 0.15) is 5.78 Å². The van der Waals surface area contributed by atoms with E-state index in [-0.39, 0.29) is 23.1 Å². The number of nitrogens with zero attached hydrogens (tertiary/aromatic N) is 1. The lowest BCUT2D eigenvalue weighted by Crippen LogP contribution is -2.08. The lowest BCUT2D eigenvalue weighted by Gasteiger charge is -2.11. The van der Waals surface area contributed by atoms with Gasteiger partial charge in [-0.25, -0.2) is 0 Å². The molecule has 0 heterocycles. The Morgan fingerprint density at radius 3 is 2.65 bits per heavy atom. The van der Waals surface area contributed by atoms with Crippen molar-refractivity contribution in [2.45, 2.75) is 26.2 Å². The number of rotatable bonds is 5. The predicted octanol–water partition coefficient (Wildman–Crippen LogP) is 2.69. The Labute approximate surface area is 99.5 Å². The zero-order valence-electron chi connectivity index (χ0n) is 10.1. The van der Waals surface area contributed by atoms with Crippen molar-refractivity contribution in [1.29, 1.82) is 0 Å². The van der Waals surface area contributed by atoms with Crippen molar-refractivity contribution in [3.8, 4) is 5.75 Å². The summed E-state index contributed by atoms with van der Waals surface area (Å²) in [4.78, 5) is 21.8. The van der Waals surface area contributed by atoms with Gasteiger partial charge < -0.3 is 4.74 Å². The van der Waals surface area contributed by atoms with Crippen LogP contribution >= 0.6 is 0 Å². The minimum Gasteiger partial charge on any atom is -0.490 e. The molecule has 0 aliphatic rings. The van der Waals surface area contributed by atoms with Crippen LogP contribution in [0, 0.1) is 10.1 Å². The molecule has 0 radical (unpaired) electrons. The van der Waals surface area contributed by atoms with Gasteiger partial charge in [0.2, 0.25) is 0 Å². The number of hydrogen-bond donors (Lipinski definition) is 0. The molecule has 0 aliphatic heterocycles. The summed E-state index contributed by atoms with van der Waals surface area (Å²) in [5, 5.41) is 10.7. The molecule has 0 aliphatic carbocycles. The van der Waals surface area contributed by atoms with E-state index < -0.39 is 4.92 Å². The zero-order chi connectivity index (χ0) is 13.0. The molecule has 0 bridgehead atoms. The summed E-state index contributed by atoms with van der Waals surface area (Å²) in [6.45, 7) is 3.58. The normalized spacial score (nSPS) is 11.9. The number of carbonyl (C=O) groups is 1. The fourth-order valence-corrected chi connectivity index (χ4v) is 1.61. The Morgan fingerprint density at radius 1 is 1.53 bits per heavy atom. The summed E-state index contributed by atoms with van der Waals surface area (Å²) in [6, 6.07) is 4.52. The van der Waals surface area contributed by atoms with Crippen LogP contribution in [0.4, 0.5) is 5.69 Å². The third-order valence-electron chi connectivity index (χ3n) is 2.73. The summed E-state index contributed by atoms with van der Waals surface area (Å²) in [7, 11) is 1.37. The molecule has 0 amide bonds. The van der Waals surface area contributed by atoms with E-state index in [1.54, 1.807) is 26.0 Å². The maximum absolute atomic E-state index is 11.6. The van der Waals surface area contributed by atoms with E-state index in [0.717, 1.165) is 5.56 Å². The first kappa shape index (κ1) is 13.2. The predicted molar refractivity (Wildman–Crippen MR) is 63.4 cm³/mol. The number of hydrogen-bond acceptors (Lipinski definition) is 4. The van der Waals surface area contributed by atoms with Crippen LogP contribution in [-0.4, -0.2) is 17.8 Å². The van der Waals surface area contributed by atoms with Gasteiger partial charge in [0.15, 0.2) is 5.75 Å². The number of methoxy groups -OCH3 is 1. The second kappa shape index (κ2) is 5.43. The molecule has 5 nitrogen and oxygen atoms in total. The standard InChI is InChI=1S/C12H15NO4/c1-4-11(14)8(2)9-5-6-10(13(15)16)12(7-9)17-3/h5-8H,4H2,1-3H3. The molecule has 92 valence electrons. The summed E-state index contributed by atoms with van der Waals surface area (Å²) in [5.41, 5.74) is 0.645. The highest BCUT2D eigenvalue weighted by Crippen LogP contribution is 2.30. The molecule has 0 spiro atoms. The number of Topliss-reactive ketones (excluding diaryl/α,β-unsaturated/α-hetero) is 1. The average molecular weight is 237 g/mol. The Morgan fingerprint density at radius 2 is 2.18 bits per heavy atom. The van der Waals surface area contributed by atoms with Gasteiger partial charge in [0.25, 0.3) is 0 Å². The van der Waals surface area contributed by atoms with E-state index in [1.807, 2.05) is 0 Å². The first-order valence-electron chi connectivity index (χ1n) is 5.36. The highest BCUT2D eigenvalue weighted by molar-refractivity contribution is 5.85. The SMILES string of the molecule is CCC(=O)C(C)c1ccc([N+](=O)[O-])c(OC)c1. The largest absolute Gasteiger partial charge is 0.490 e. The van der Waals surface area contributed by atoms with Crippen LogP contribution in [0.3, 0.4) is 0 Å². The molecule has 1 atom stereocenters. The van der Waals surface area contributed by atoms with Crippen LogP contribution in [-0.2, 0) is 4.79 Å². The van der Waals surface area contributed by atoms with Crippen molar-refractivity contribution in [2.75, 3.05) is 7.11 Å². The quantitative estimate of drug-likeness (QED) is 0.583. The van der Waals surface area contributed by atoms with Crippen LogP contribution in [0.5, 0.6) is 5.75 Å². The Bertz CT molecular complexity index is 442. The summed E-state index contributed by atoms with van der Waals surface area (Å²) in [5.74, 6) is 0.0128. The van der Waals surface area contributed by atoms with E-state index in [2.05, 4.69) is 0 Å². The molecule has 0 fully saturated rings. The van der Waals surface area contributed by atoms with Gasteiger partial charge in [-0.1, -0.05) is 19.9 Å². The molecule has 0 aromatic heterocycles. The van der Waals surface area contributed by atoms with Gasteiger partial charge in [-0.3, -0.25) is 14.9 Å². The zero-order valence-corrected chi connectivity index (χ0v) is 10.1. The van der Waals surface area contributed by atoms with Crippen molar-refractivity contribution >= 4 is 11.5 Å². The number of benzene rings is 1. The van der Waals surface area contributed by atoms with Crippen molar-refractivity contribution in [1.82, 2.24) is 0 Å². The number of nitro groups is 1. The number of nitro benzene ring substituents is 1. The molecule has 0 saturated carbocycles. The summed E-state index contributed by atoms with van der Waals surface area (Å²) >= 11 is 0. The minimum atomic E-state index is -0.505. The molecule has 5 heteroatoms. The lowest BCUT2D eigenvalue weighted by atomic mass is 9.95. The molecule has 1 unspecified atom stereocenters. The van der Waals surface area contributed by atoms with Crippen LogP contribution < -0.4 is 4.74 Å². The van der Waals surface area contributed by atoms with Gasteiger partial charge in [0.05, 0.1) is 12.0 Å². The second-order valence-electron chi connectivity index (χ2n) is 3.73. The highest BCUT2D eigenvalue weighted by atomic mass is 16.6. The van der Waals surface area contributed by atoms with Crippen LogP contribution in [0.25, 0.3) is 0 Å². The molecular formula is C12H15NO4. The Kier molecular flexibility index (Phi) is 4.20. The van der Waals surface area contributed by atoms with Crippen LogP contribution in [0.15, 0.2) is 18.2 Å². The minimum absolute atomic E-state index is 0.0904. The van der Waals surface area contributed by atoms with E-state index in [9.17, 15) is 14.9 Å². The molecule has 17 heavy (non-hydrogen) atoms. The van der Waals surface area contributed by atoms with Crippen LogP contribution in [0.2, 0.25) is 0 Å². The first-order valence-corrected chi connectivity index (χ1v) is 5.36. The number of ketones is 1. The van der Waals surface area contributed by atoms with Gasteiger partial charge in [-0.2, -0.15) is 0 Å². The van der Waals surface area contributed by atoms with Gasteiger partial charge in [-0.15, -0.1) is 0 Å². The van der Waals surface area contributed by atoms with Gasteiger partial charge >= 0.3 is 5.69 Å². The summed E-state index contributed by atoms with van der Waals surface area (Å²) < 4.78 is 4.96. The maximum atomic E-state index is 11.6.